The van der Waals surface area contributed by atoms with Crippen LogP contribution in [0.2, 0.25) is 0 Å². The lowest BCUT2D eigenvalue weighted by molar-refractivity contribution is -0.113. The Labute approximate surface area is 158 Å². The fraction of sp³-hybridized carbons (Fsp3) is 0.136. The van der Waals surface area contributed by atoms with E-state index in [0.717, 1.165) is 11.4 Å². The highest BCUT2D eigenvalue weighted by molar-refractivity contribution is 6.14. The van der Waals surface area contributed by atoms with Crippen molar-refractivity contribution in [3.05, 3.63) is 84.0 Å². The molecule has 0 fully saturated rings. The molecule has 1 aliphatic rings. The molecule has 0 heterocycles. The molecule has 27 heavy (non-hydrogen) atoms. The van der Waals surface area contributed by atoms with Gasteiger partial charge in [-0.1, -0.05) is 0 Å². The number of hydrogen-bond donors (Lipinski definition) is 0. The van der Waals surface area contributed by atoms with Gasteiger partial charge in [0.25, 0.3) is 0 Å². The summed E-state index contributed by atoms with van der Waals surface area (Å²) in [5, 5.41) is 0. The fourth-order valence-electron chi connectivity index (χ4n) is 2.26. The summed E-state index contributed by atoms with van der Waals surface area (Å²) in [6, 6.07) is 14.7. The molecule has 5 nitrogen and oxygen atoms in total. The van der Waals surface area contributed by atoms with Crippen molar-refractivity contribution in [2.24, 2.45) is 0 Å². The van der Waals surface area contributed by atoms with Gasteiger partial charge in [0, 0.05) is 30.9 Å². The molecular weight excluding hydrogens is 342 g/mol. The Morgan fingerprint density at radius 2 is 1.15 bits per heavy atom. The summed E-state index contributed by atoms with van der Waals surface area (Å²) in [6.45, 7) is 0. The second kappa shape index (κ2) is 9.29. The van der Waals surface area contributed by atoms with Crippen molar-refractivity contribution < 1.29 is 19.1 Å². The molecule has 2 aromatic rings. The molecule has 0 aromatic heterocycles. The third-order valence-electron chi connectivity index (χ3n) is 3.82. The minimum atomic E-state index is -0.121. The zero-order valence-electron chi connectivity index (χ0n) is 15.5. The molecule has 138 valence electrons. The van der Waals surface area contributed by atoms with Gasteiger partial charge in [-0.25, -0.2) is 0 Å². The monoisotopic (exact) mass is 363 g/mol. The van der Waals surface area contributed by atoms with Crippen molar-refractivity contribution in [1.29, 1.82) is 0 Å². The summed E-state index contributed by atoms with van der Waals surface area (Å²) in [5.41, 5.74) is 2.43. The highest BCUT2D eigenvalue weighted by Crippen LogP contribution is 2.17. The number of rotatable bonds is 4. The first kappa shape index (κ1) is 19.8. The predicted octanol–water partition coefficient (Wildman–Crippen LogP) is 3.24. The molecule has 1 aliphatic carbocycles. The molecule has 2 aromatic carbocycles. The molecule has 0 bridgehead atoms. The van der Waals surface area contributed by atoms with Crippen molar-refractivity contribution in [1.82, 2.24) is 0 Å². The summed E-state index contributed by atoms with van der Waals surface area (Å²) in [6.07, 6.45) is 5.01. The Morgan fingerprint density at radius 1 is 0.741 bits per heavy atom. The van der Waals surface area contributed by atoms with Crippen LogP contribution in [0.5, 0.6) is 5.75 Å². The van der Waals surface area contributed by atoms with Gasteiger partial charge in [-0.3, -0.25) is 14.4 Å². The molecular formula is C22H21NO4. The van der Waals surface area contributed by atoms with E-state index in [9.17, 15) is 14.4 Å². The van der Waals surface area contributed by atoms with Crippen LogP contribution in [-0.4, -0.2) is 38.6 Å². The van der Waals surface area contributed by atoms with Gasteiger partial charge < -0.3 is 9.64 Å². The Hall–Kier alpha value is -3.47. The van der Waals surface area contributed by atoms with Gasteiger partial charge in [0.15, 0.2) is 17.3 Å². The largest absolute Gasteiger partial charge is 0.497 e. The Bertz CT molecular complexity index is 838. The average molecular weight is 363 g/mol. The van der Waals surface area contributed by atoms with Crippen LogP contribution in [0.4, 0.5) is 5.69 Å². The van der Waals surface area contributed by atoms with Crippen molar-refractivity contribution in [3.8, 4) is 5.75 Å². The fourth-order valence-corrected chi connectivity index (χ4v) is 2.26. The van der Waals surface area contributed by atoms with Crippen LogP contribution in [0.25, 0.3) is 0 Å². The second-order valence-corrected chi connectivity index (χ2v) is 5.97. The minimum absolute atomic E-state index is 0.0213. The normalized spacial score (nSPS) is 12.3. The van der Waals surface area contributed by atoms with Crippen LogP contribution >= 0.6 is 0 Å². The lowest BCUT2D eigenvalue weighted by atomic mass is 10.0. The lowest BCUT2D eigenvalue weighted by Gasteiger charge is -2.12. The van der Waals surface area contributed by atoms with E-state index in [1.54, 1.807) is 31.4 Å². The van der Waals surface area contributed by atoms with Gasteiger partial charge in [-0.15, -0.1) is 0 Å². The lowest BCUT2D eigenvalue weighted by Crippen LogP contribution is -2.09. The molecule has 5 heteroatoms. The van der Waals surface area contributed by atoms with Crippen molar-refractivity contribution in [3.63, 3.8) is 0 Å². The number of methoxy groups -OCH3 is 1. The van der Waals surface area contributed by atoms with Crippen LogP contribution < -0.4 is 9.64 Å². The molecule has 0 unspecified atom stereocenters. The predicted molar refractivity (Wildman–Crippen MR) is 105 cm³/mol. The maximum absolute atomic E-state index is 12.3. The molecule has 0 spiro atoms. The standard InChI is InChI=1S/C16H17NO2.C6H4O2/c1-17(2)14-8-4-12(5-9-14)16(18)13-6-10-15(19-3)11-7-13;7-5-1-2-6(8)4-3-5/h4-11H,1-3H3;1-4H. The molecule has 0 radical (unpaired) electrons. The highest BCUT2D eigenvalue weighted by atomic mass is 16.5. The molecule has 0 aliphatic heterocycles. The SMILES string of the molecule is COc1ccc(C(=O)c2ccc(N(C)C)cc2)cc1.O=C1C=CC(=O)C=C1. The number of allylic oxidation sites excluding steroid dienone is 4. The van der Waals surface area contributed by atoms with Crippen LogP contribution in [0.15, 0.2) is 72.8 Å². The molecule has 0 saturated carbocycles. The number of carbonyl (C=O) groups excluding carboxylic acids is 3. The van der Waals surface area contributed by atoms with Gasteiger partial charge in [-0.05, 0) is 72.8 Å². The number of benzene rings is 2. The Kier molecular flexibility index (Phi) is 6.83. The molecule has 0 N–H and O–H groups in total. The topological polar surface area (TPSA) is 63.7 Å². The summed E-state index contributed by atoms with van der Waals surface area (Å²) in [4.78, 5) is 34.8. The van der Waals surface area contributed by atoms with Crippen molar-refractivity contribution in [2.75, 3.05) is 26.1 Å². The number of nitrogens with zero attached hydrogens (tertiary/aromatic N) is 1. The van der Waals surface area contributed by atoms with E-state index in [-0.39, 0.29) is 17.3 Å². The van der Waals surface area contributed by atoms with E-state index in [0.29, 0.717) is 11.1 Å². The first-order valence-corrected chi connectivity index (χ1v) is 8.31. The van der Waals surface area contributed by atoms with E-state index in [1.807, 2.05) is 43.3 Å². The Balaban J connectivity index is 0.000000273. The third-order valence-corrected chi connectivity index (χ3v) is 3.82. The van der Waals surface area contributed by atoms with Gasteiger partial charge in [0.1, 0.15) is 5.75 Å². The highest BCUT2D eigenvalue weighted by Gasteiger charge is 2.09. The van der Waals surface area contributed by atoms with Crippen LogP contribution in [0, 0.1) is 0 Å². The summed E-state index contributed by atoms with van der Waals surface area (Å²) >= 11 is 0. The summed E-state index contributed by atoms with van der Waals surface area (Å²) in [7, 11) is 5.55. The smallest absolute Gasteiger partial charge is 0.193 e. The Morgan fingerprint density at radius 3 is 1.52 bits per heavy atom. The van der Waals surface area contributed by atoms with Crippen LogP contribution in [-0.2, 0) is 9.59 Å². The number of ether oxygens (including phenoxy) is 1. The first-order valence-electron chi connectivity index (χ1n) is 8.31. The molecule has 0 amide bonds. The first-order chi connectivity index (χ1) is 12.9. The van der Waals surface area contributed by atoms with Crippen LogP contribution in [0.3, 0.4) is 0 Å². The number of carbonyl (C=O) groups is 3. The summed E-state index contributed by atoms with van der Waals surface area (Å²) < 4.78 is 5.08. The van der Waals surface area contributed by atoms with Gasteiger partial charge in [0.2, 0.25) is 0 Å². The van der Waals surface area contributed by atoms with E-state index >= 15 is 0 Å². The quantitative estimate of drug-likeness (QED) is 0.616. The van der Waals surface area contributed by atoms with E-state index in [4.69, 9.17) is 4.74 Å². The van der Waals surface area contributed by atoms with Gasteiger partial charge in [-0.2, -0.15) is 0 Å². The van der Waals surface area contributed by atoms with E-state index < -0.39 is 0 Å². The third kappa shape index (κ3) is 5.78. The average Bonchev–Trinajstić information content (AvgIpc) is 2.70. The van der Waals surface area contributed by atoms with Crippen molar-refractivity contribution in [2.45, 2.75) is 0 Å². The zero-order chi connectivity index (χ0) is 19.8. The number of hydrogen-bond acceptors (Lipinski definition) is 5. The number of anilines is 1. The second-order valence-electron chi connectivity index (χ2n) is 5.97. The number of ketones is 3. The molecule has 3 rings (SSSR count). The van der Waals surface area contributed by atoms with Crippen LogP contribution in [0.1, 0.15) is 15.9 Å². The molecule has 0 saturated heterocycles. The minimum Gasteiger partial charge on any atom is -0.497 e. The van der Waals surface area contributed by atoms with E-state index in [1.165, 1.54) is 24.3 Å². The van der Waals surface area contributed by atoms with Gasteiger partial charge >= 0.3 is 0 Å². The zero-order valence-corrected chi connectivity index (χ0v) is 15.5. The van der Waals surface area contributed by atoms with E-state index in [2.05, 4.69) is 0 Å². The van der Waals surface area contributed by atoms with Crippen molar-refractivity contribution >= 4 is 23.0 Å². The van der Waals surface area contributed by atoms with Gasteiger partial charge in [0.05, 0.1) is 7.11 Å². The molecule has 0 atom stereocenters. The maximum Gasteiger partial charge on any atom is 0.193 e. The summed E-state index contributed by atoms with van der Waals surface area (Å²) in [5.74, 6) is 0.529. The maximum atomic E-state index is 12.3.